The number of allylic oxidation sites excluding steroid dienone is 2. The van der Waals surface area contributed by atoms with Gasteiger partial charge in [0.05, 0.1) is 18.4 Å². The van der Waals surface area contributed by atoms with Crippen LogP contribution in [-0.4, -0.2) is 27.0 Å². The minimum absolute atomic E-state index is 0.233. The second-order valence-corrected chi connectivity index (χ2v) is 4.25. The fourth-order valence-corrected chi connectivity index (χ4v) is 2.07. The number of nitrogens with zero attached hydrogens (tertiary/aromatic N) is 1. The van der Waals surface area contributed by atoms with E-state index in [4.69, 9.17) is 5.11 Å². The normalized spacial score (nSPS) is 22.7. The summed E-state index contributed by atoms with van der Waals surface area (Å²) in [5.74, 6) is -1.63. The van der Waals surface area contributed by atoms with Gasteiger partial charge >= 0.3 is 5.97 Å². The lowest BCUT2D eigenvalue weighted by molar-refractivity contribution is -0.147. The molecule has 1 aromatic rings. The number of H-pyrrole nitrogens is 1. The van der Waals surface area contributed by atoms with E-state index in [1.54, 1.807) is 12.4 Å². The van der Waals surface area contributed by atoms with E-state index >= 15 is 0 Å². The van der Waals surface area contributed by atoms with Crippen LogP contribution < -0.4 is 5.32 Å². The first-order chi connectivity index (χ1) is 8.68. The number of aliphatic carboxylic acids is 1. The van der Waals surface area contributed by atoms with Crippen LogP contribution in [0.4, 0.5) is 0 Å². The SMILES string of the molecule is O=C(O)C1CC=CCC1C(=O)NCc1ncc[nH]1. The van der Waals surface area contributed by atoms with Gasteiger partial charge in [0.1, 0.15) is 5.82 Å². The van der Waals surface area contributed by atoms with Gasteiger partial charge in [-0.1, -0.05) is 12.2 Å². The summed E-state index contributed by atoms with van der Waals surface area (Å²) in [5.41, 5.74) is 0. The minimum Gasteiger partial charge on any atom is -0.481 e. The molecule has 1 amide bonds. The van der Waals surface area contributed by atoms with E-state index in [2.05, 4.69) is 15.3 Å². The van der Waals surface area contributed by atoms with Crippen molar-refractivity contribution < 1.29 is 14.7 Å². The lowest BCUT2D eigenvalue weighted by atomic mass is 9.82. The second-order valence-electron chi connectivity index (χ2n) is 4.25. The molecule has 2 atom stereocenters. The molecule has 0 spiro atoms. The summed E-state index contributed by atoms with van der Waals surface area (Å²) in [6.45, 7) is 0.290. The molecule has 0 fully saturated rings. The standard InChI is InChI=1S/C12H15N3O3/c16-11(15-7-10-13-5-6-14-10)8-3-1-2-4-9(8)12(17)18/h1-2,5-6,8-9H,3-4,7H2,(H,13,14)(H,15,16)(H,17,18). The number of nitrogens with one attached hydrogen (secondary N) is 2. The number of aromatic nitrogens is 2. The Kier molecular flexibility index (Phi) is 3.76. The van der Waals surface area contributed by atoms with Gasteiger partial charge in [-0.2, -0.15) is 0 Å². The highest BCUT2D eigenvalue weighted by molar-refractivity contribution is 5.85. The van der Waals surface area contributed by atoms with Crippen molar-refractivity contribution in [1.29, 1.82) is 0 Å². The molecule has 6 heteroatoms. The highest BCUT2D eigenvalue weighted by Crippen LogP contribution is 2.25. The van der Waals surface area contributed by atoms with Crippen molar-refractivity contribution in [3.05, 3.63) is 30.4 Å². The Balaban J connectivity index is 1.94. The molecule has 2 unspecified atom stereocenters. The van der Waals surface area contributed by atoms with E-state index in [-0.39, 0.29) is 5.91 Å². The summed E-state index contributed by atoms with van der Waals surface area (Å²) in [4.78, 5) is 29.9. The third-order valence-electron chi connectivity index (χ3n) is 3.07. The van der Waals surface area contributed by atoms with Gasteiger partial charge in [-0.05, 0) is 12.8 Å². The molecular formula is C12H15N3O3. The van der Waals surface area contributed by atoms with E-state index < -0.39 is 17.8 Å². The number of aromatic amines is 1. The maximum atomic E-state index is 12.0. The van der Waals surface area contributed by atoms with Crippen LogP contribution in [0.2, 0.25) is 0 Å². The van der Waals surface area contributed by atoms with Gasteiger partial charge in [-0.3, -0.25) is 9.59 Å². The number of imidazole rings is 1. The monoisotopic (exact) mass is 249 g/mol. The highest BCUT2D eigenvalue weighted by atomic mass is 16.4. The van der Waals surface area contributed by atoms with Crippen LogP contribution in [0.15, 0.2) is 24.5 Å². The molecule has 6 nitrogen and oxygen atoms in total. The fraction of sp³-hybridized carbons (Fsp3) is 0.417. The maximum absolute atomic E-state index is 12.0. The largest absolute Gasteiger partial charge is 0.481 e. The van der Waals surface area contributed by atoms with Crippen molar-refractivity contribution in [3.8, 4) is 0 Å². The Bertz CT molecular complexity index is 453. The van der Waals surface area contributed by atoms with Crippen LogP contribution in [0.1, 0.15) is 18.7 Å². The Morgan fingerprint density at radius 1 is 1.39 bits per heavy atom. The molecule has 0 radical (unpaired) electrons. The molecule has 0 bridgehead atoms. The van der Waals surface area contributed by atoms with Crippen molar-refractivity contribution in [2.45, 2.75) is 19.4 Å². The van der Waals surface area contributed by atoms with Gasteiger partial charge in [0.25, 0.3) is 0 Å². The predicted molar refractivity (Wildman–Crippen MR) is 63.4 cm³/mol. The molecule has 1 heterocycles. The number of hydrogen-bond donors (Lipinski definition) is 3. The van der Waals surface area contributed by atoms with Crippen LogP contribution in [0.25, 0.3) is 0 Å². The Morgan fingerprint density at radius 3 is 2.72 bits per heavy atom. The lowest BCUT2D eigenvalue weighted by Crippen LogP contribution is -2.38. The molecular weight excluding hydrogens is 234 g/mol. The summed E-state index contributed by atoms with van der Waals surface area (Å²) >= 11 is 0. The summed E-state index contributed by atoms with van der Waals surface area (Å²) in [7, 11) is 0. The first-order valence-electron chi connectivity index (χ1n) is 5.82. The Labute approximate surface area is 104 Å². The quantitative estimate of drug-likeness (QED) is 0.684. The van der Waals surface area contributed by atoms with Crippen LogP contribution >= 0.6 is 0 Å². The third kappa shape index (κ3) is 2.77. The fourth-order valence-electron chi connectivity index (χ4n) is 2.07. The van der Waals surface area contributed by atoms with Crippen LogP contribution in [0, 0.1) is 11.8 Å². The van der Waals surface area contributed by atoms with Gasteiger partial charge in [0.15, 0.2) is 0 Å². The molecule has 0 aromatic carbocycles. The smallest absolute Gasteiger partial charge is 0.307 e. The molecule has 0 aliphatic heterocycles. The zero-order valence-electron chi connectivity index (χ0n) is 9.80. The van der Waals surface area contributed by atoms with Gasteiger partial charge < -0.3 is 15.4 Å². The molecule has 2 rings (SSSR count). The molecule has 96 valence electrons. The number of carbonyl (C=O) groups excluding carboxylic acids is 1. The number of carboxylic acid groups (broad SMARTS) is 1. The van der Waals surface area contributed by atoms with Crippen LogP contribution in [-0.2, 0) is 16.1 Å². The lowest BCUT2D eigenvalue weighted by Gasteiger charge is -2.23. The minimum atomic E-state index is -0.919. The second kappa shape index (κ2) is 5.48. The number of carbonyl (C=O) groups is 2. The van der Waals surface area contributed by atoms with E-state index in [0.29, 0.717) is 25.2 Å². The van der Waals surface area contributed by atoms with Crippen LogP contribution in [0.3, 0.4) is 0 Å². The number of amides is 1. The topological polar surface area (TPSA) is 95.1 Å². The van der Waals surface area contributed by atoms with Crippen molar-refractivity contribution in [2.75, 3.05) is 0 Å². The van der Waals surface area contributed by atoms with Gasteiger partial charge in [0, 0.05) is 12.4 Å². The van der Waals surface area contributed by atoms with E-state index in [9.17, 15) is 9.59 Å². The number of carboxylic acids is 1. The van der Waals surface area contributed by atoms with Gasteiger partial charge in [-0.25, -0.2) is 4.98 Å². The van der Waals surface area contributed by atoms with E-state index in [1.807, 2.05) is 12.2 Å². The zero-order valence-corrected chi connectivity index (χ0v) is 9.80. The molecule has 1 aliphatic carbocycles. The van der Waals surface area contributed by atoms with E-state index in [0.717, 1.165) is 0 Å². The summed E-state index contributed by atoms with van der Waals surface area (Å²) in [6, 6.07) is 0. The highest BCUT2D eigenvalue weighted by Gasteiger charge is 2.33. The average molecular weight is 249 g/mol. The van der Waals surface area contributed by atoms with E-state index in [1.165, 1.54) is 0 Å². The molecule has 0 saturated heterocycles. The maximum Gasteiger partial charge on any atom is 0.307 e. The van der Waals surface area contributed by atoms with Crippen LogP contribution in [0.5, 0.6) is 0 Å². The van der Waals surface area contributed by atoms with Crippen molar-refractivity contribution >= 4 is 11.9 Å². The average Bonchev–Trinajstić information content (AvgIpc) is 2.89. The first-order valence-corrected chi connectivity index (χ1v) is 5.82. The number of rotatable bonds is 4. The van der Waals surface area contributed by atoms with Crippen molar-refractivity contribution in [1.82, 2.24) is 15.3 Å². The van der Waals surface area contributed by atoms with Gasteiger partial charge in [-0.15, -0.1) is 0 Å². The Morgan fingerprint density at radius 2 is 2.11 bits per heavy atom. The predicted octanol–water partition coefficient (Wildman–Crippen LogP) is 0.693. The number of hydrogen-bond acceptors (Lipinski definition) is 3. The summed E-state index contributed by atoms with van der Waals surface area (Å²) in [6.07, 6.45) is 7.83. The molecule has 18 heavy (non-hydrogen) atoms. The molecule has 0 saturated carbocycles. The first kappa shape index (κ1) is 12.3. The molecule has 1 aliphatic rings. The van der Waals surface area contributed by atoms with Crippen molar-refractivity contribution in [3.63, 3.8) is 0 Å². The van der Waals surface area contributed by atoms with Crippen molar-refractivity contribution in [2.24, 2.45) is 11.8 Å². The molecule has 1 aromatic heterocycles. The Hall–Kier alpha value is -2.11. The molecule has 3 N–H and O–H groups in total. The summed E-state index contributed by atoms with van der Waals surface area (Å²) < 4.78 is 0. The zero-order chi connectivity index (χ0) is 13.0. The summed E-state index contributed by atoms with van der Waals surface area (Å²) in [5, 5.41) is 11.8. The van der Waals surface area contributed by atoms with Gasteiger partial charge in [0.2, 0.25) is 5.91 Å². The third-order valence-corrected chi connectivity index (χ3v) is 3.07.